The third kappa shape index (κ3) is 5.41. The van der Waals surface area contributed by atoms with Crippen LogP contribution >= 0.6 is 0 Å². The van der Waals surface area contributed by atoms with E-state index in [1.165, 1.54) is 52.8 Å². The van der Waals surface area contributed by atoms with E-state index in [2.05, 4.69) is 10.6 Å². The third-order valence-electron chi connectivity index (χ3n) is 6.20. The second-order valence-corrected chi connectivity index (χ2v) is 10.4. The van der Waals surface area contributed by atoms with Crippen LogP contribution in [0.1, 0.15) is 45.6 Å². The number of rotatable bonds is 11. The van der Waals surface area contributed by atoms with Crippen LogP contribution in [-0.2, 0) is 25.2 Å². The molecule has 1 fully saturated rings. The first kappa shape index (κ1) is 27.3. The molecule has 4 amide bonds. The molecule has 0 aromatic heterocycles. The summed E-state index contributed by atoms with van der Waals surface area (Å²) >= 11 is 0. The summed E-state index contributed by atoms with van der Waals surface area (Å²) in [5.74, 6) is -1.67. The van der Waals surface area contributed by atoms with Gasteiger partial charge in [-0.05, 0) is 48.4 Å². The standard InChI is InChI=1S/C25H31FN4O5S/c1-4-7-16-25(18-8-10-19(26)11-9-18)23(32)30(24(33)28-25)17-22(31)27-20-12-14-21(15-13-20)36(34,35)29(5-2)6-3/h8-15H,4-7,16-17H2,1-3H3,(H,27,31)(H,28,33)/t25-/m0/s1. The molecule has 1 heterocycles. The van der Waals surface area contributed by atoms with Gasteiger partial charge in [-0.3, -0.25) is 14.5 Å². The van der Waals surface area contributed by atoms with Crippen LogP contribution in [0.15, 0.2) is 53.4 Å². The lowest BCUT2D eigenvalue weighted by Crippen LogP contribution is -2.44. The van der Waals surface area contributed by atoms with Crippen LogP contribution in [0.3, 0.4) is 0 Å². The number of hydrogen-bond acceptors (Lipinski definition) is 5. The van der Waals surface area contributed by atoms with Crippen LogP contribution in [0.25, 0.3) is 0 Å². The van der Waals surface area contributed by atoms with Gasteiger partial charge >= 0.3 is 6.03 Å². The highest BCUT2D eigenvalue weighted by Gasteiger charge is 2.52. The first-order valence-corrected chi connectivity index (χ1v) is 13.3. The van der Waals surface area contributed by atoms with Gasteiger partial charge in [-0.25, -0.2) is 17.6 Å². The number of unbranched alkanes of at least 4 members (excludes halogenated alkanes) is 1. The average molecular weight is 519 g/mol. The van der Waals surface area contributed by atoms with Crippen LogP contribution in [-0.4, -0.2) is 55.1 Å². The predicted molar refractivity (Wildman–Crippen MR) is 133 cm³/mol. The second kappa shape index (κ2) is 11.2. The van der Waals surface area contributed by atoms with Crippen molar-refractivity contribution >= 4 is 33.6 Å². The lowest BCUT2D eigenvalue weighted by Gasteiger charge is -2.27. The Morgan fingerprint density at radius 2 is 1.64 bits per heavy atom. The summed E-state index contributed by atoms with van der Waals surface area (Å²) < 4.78 is 40.1. The summed E-state index contributed by atoms with van der Waals surface area (Å²) in [7, 11) is -3.64. The minimum atomic E-state index is -3.64. The molecule has 36 heavy (non-hydrogen) atoms. The zero-order valence-electron chi connectivity index (χ0n) is 20.6. The molecule has 11 heteroatoms. The van der Waals surface area contributed by atoms with E-state index in [1.54, 1.807) is 13.8 Å². The zero-order chi connectivity index (χ0) is 26.5. The molecule has 1 aliphatic rings. The summed E-state index contributed by atoms with van der Waals surface area (Å²) in [4.78, 5) is 39.8. The summed E-state index contributed by atoms with van der Waals surface area (Å²) in [5.41, 5.74) is -0.605. The van der Waals surface area contributed by atoms with Crippen LogP contribution in [0.2, 0.25) is 0 Å². The molecule has 2 N–H and O–H groups in total. The summed E-state index contributed by atoms with van der Waals surface area (Å²) in [6.07, 6.45) is 1.71. The molecule has 0 bridgehead atoms. The van der Waals surface area contributed by atoms with Crippen molar-refractivity contribution in [1.29, 1.82) is 0 Å². The Bertz CT molecular complexity index is 1210. The van der Waals surface area contributed by atoms with E-state index in [9.17, 15) is 27.2 Å². The first-order valence-electron chi connectivity index (χ1n) is 11.9. The Morgan fingerprint density at radius 1 is 1.03 bits per heavy atom. The van der Waals surface area contributed by atoms with Gasteiger partial charge in [0.25, 0.3) is 5.91 Å². The number of nitrogens with zero attached hydrogens (tertiary/aromatic N) is 2. The van der Waals surface area contributed by atoms with Crippen molar-refractivity contribution in [2.45, 2.75) is 50.5 Å². The topological polar surface area (TPSA) is 116 Å². The number of urea groups is 1. The highest BCUT2D eigenvalue weighted by atomic mass is 32.2. The fraction of sp³-hybridized carbons (Fsp3) is 0.400. The molecule has 0 saturated carbocycles. The molecule has 1 atom stereocenters. The van der Waals surface area contributed by atoms with Crippen molar-refractivity contribution in [2.24, 2.45) is 0 Å². The average Bonchev–Trinajstić information content (AvgIpc) is 3.09. The number of carbonyl (C=O) groups is 3. The number of halogens is 1. The molecule has 3 rings (SSSR count). The van der Waals surface area contributed by atoms with Gasteiger partial charge in [0.05, 0.1) is 4.90 Å². The van der Waals surface area contributed by atoms with Crippen LogP contribution in [0.5, 0.6) is 0 Å². The SMILES string of the molecule is CCCC[C@@]1(c2ccc(F)cc2)NC(=O)N(CC(=O)Nc2ccc(S(=O)(=O)N(CC)CC)cc2)C1=O. The molecule has 2 aromatic rings. The molecule has 194 valence electrons. The van der Waals surface area contributed by atoms with Crippen molar-refractivity contribution in [1.82, 2.24) is 14.5 Å². The van der Waals surface area contributed by atoms with E-state index >= 15 is 0 Å². The van der Waals surface area contributed by atoms with E-state index in [-0.39, 0.29) is 4.90 Å². The van der Waals surface area contributed by atoms with Crippen molar-refractivity contribution in [3.63, 3.8) is 0 Å². The summed E-state index contributed by atoms with van der Waals surface area (Å²) in [5, 5.41) is 5.31. The largest absolute Gasteiger partial charge is 0.325 e. The molecular weight excluding hydrogens is 487 g/mol. The maximum Gasteiger partial charge on any atom is 0.325 e. The number of sulfonamides is 1. The van der Waals surface area contributed by atoms with E-state index in [4.69, 9.17) is 0 Å². The summed E-state index contributed by atoms with van der Waals surface area (Å²) in [6.45, 7) is 5.58. The maximum atomic E-state index is 13.5. The van der Waals surface area contributed by atoms with Crippen molar-refractivity contribution in [3.05, 3.63) is 59.9 Å². The number of benzene rings is 2. The Hall–Kier alpha value is -3.31. The van der Waals surface area contributed by atoms with Gasteiger partial charge in [0, 0.05) is 18.8 Å². The second-order valence-electron chi connectivity index (χ2n) is 8.50. The first-order chi connectivity index (χ1) is 17.1. The molecule has 1 aliphatic heterocycles. The van der Waals surface area contributed by atoms with Crippen LogP contribution < -0.4 is 10.6 Å². The van der Waals surface area contributed by atoms with Gasteiger partial charge in [0.15, 0.2) is 0 Å². The minimum Gasteiger partial charge on any atom is -0.325 e. The molecule has 1 saturated heterocycles. The Morgan fingerprint density at radius 3 is 2.19 bits per heavy atom. The van der Waals surface area contributed by atoms with E-state index in [1.807, 2.05) is 6.92 Å². The van der Waals surface area contributed by atoms with Gasteiger partial charge in [-0.1, -0.05) is 45.7 Å². The predicted octanol–water partition coefficient (Wildman–Crippen LogP) is 3.43. The molecule has 2 aromatic carbocycles. The molecular formula is C25H31FN4O5S. The Balaban J connectivity index is 1.75. The van der Waals surface area contributed by atoms with Gasteiger partial charge in [0.1, 0.15) is 17.9 Å². The normalized spacial score (nSPS) is 18.0. The van der Waals surface area contributed by atoms with Gasteiger partial charge in [-0.2, -0.15) is 4.31 Å². The number of carbonyl (C=O) groups excluding carboxylic acids is 3. The fourth-order valence-corrected chi connectivity index (χ4v) is 5.68. The minimum absolute atomic E-state index is 0.0957. The number of hydrogen-bond donors (Lipinski definition) is 2. The van der Waals surface area contributed by atoms with Crippen molar-refractivity contribution in [2.75, 3.05) is 25.0 Å². The fourth-order valence-electron chi connectivity index (χ4n) is 4.22. The number of nitrogens with one attached hydrogen (secondary N) is 2. The number of imide groups is 1. The third-order valence-corrected chi connectivity index (χ3v) is 8.27. The number of amides is 4. The van der Waals surface area contributed by atoms with E-state index in [0.29, 0.717) is 37.2 Å². The molecule has 0 aliphatic carbocycles. The van der Waals surface area contributed by atoms with Crippen LogP contribution in [0, 0.1) is 5.82 Å². The molecule has 0 unspecified atom stereocenters. The van der Waals surface area contributed by atoms with Gasteiger partial charge in [-0.15, -0.1) is 0 Å². The highest BCUT2D eigenvalue weighted by molar-refractivity contribution is 7.89. The number of anilines is 1. The van der Waals surface area contributed by atoms with Crippen LogP contribution in [0.4, 0.5) is 14.9 Å². The molecule has 0 radical (unpaired) electrons. The van der Waals surface area contributed by atoms with Crippen molar-refractivity contribution < 1.29 is 27.2 Å². The zero-order valence-corrected chi connectivity index (χ0v) is 21.4. The van der Waals surface area contributed by atoms with E-state index < -0.39 is 45.8 Å². The maximum absolute atomic E-state index is 13.5. The molecule has 0 spiro atoms. The van der Waals surface area contributed by atoms with Gasteiger partial charge < -0.3 is 10.6 Å². The van der Waals surface area contributed by atoms with E-state index in [0.717, 1.165) is 11.3 Å². The Labute approximate surface area is 210 Å². The summed E-state index contributed by atoms with van der Waals surface area (Å²) in [6, 6.07) is 10.3. The van der Waals surface area contributed by atoms with Crippen molar-refractivity contribution in [3.8, 4) is 0 Å². The molecule has 9 nitrogen and oxygen atoms in total. The lowest BCUT2D eigenvalue weighted by molar-refractivity contribution is -0.134. The van der Waals surface area contributed by atoms with Gasteiger partial charge in [0.2, 0.25) is 15.9 Å². The highest BCUT2D eigenvalue weighted by Crippen LogP contribution is 2.34. The lowest BCUT2D eigenvalue weighted by atomic mass is 9.85. The smallest absolute Gasteiger partial charge is 0.325 e. The monoisotopic (exact) mass is 518 g/mol. The Kier molecular flexibility index (Phi) is 8.47. The quantitative estimate of drug-likeness (QED) is 0.442.